The second kappa shape index (κ2) is 12.3. The van der Waals surface area contributed by atoms with Crippen LogP contribution in [0.1, 0.15) is 30.9 Å². The molecule has 2 aromatic rings. The Bertz CT molecular complexity index is 849. The van der Waals surface area contributed by atoms with Crippen molar-refractivity contribution in [3.05, 3.63) is 71.8 Å². The maximum Gasteiger partial charge on any atom is 0.310 e. The van der Waals surface area contributed by atoms with E-state index in [2.05, 4.69) is 29.2 Å². The summed E-state index contributed by atoms with van der Waals surface area (Å²) in [5.41, 5.74) is 3.37. The van der Waals surface area contributed by atoms with Gasteiger partial charge in [0, 0.05) is 13.1 Å². The fourth-order valence-electron chi connectivity index (χ4n) is 3.94. The summed E-state index contributed by atoms with van der Waals surface area (Å²) in [5, 5.41) is 0. The Morgan fingerprint density at radius 1 is 1.13 bits per heavy atom. The molecule has 0 saturated carbocycles. The highest BCUT2D eigenvalue weighted by molar-refractivity contribution is 5.80. The molecule has 0 N–H and O–H groups in total. The first-order chi connectivity index (χ1) is 15.2. The smallest absolute Gasteiger partial charge is 0.310 e. The van der Waals surface area contributed by atoms with Crippen LogP contribution in [0.5, 0.6) is 5.75 Å². The van der Waals surface area contributed by atoms with Crippen molar-refractivity contribution in [1.82, 2.24) is 4.90 Å². The minimum atomic E-state index is -0.0677. The average Bonchev–Trinajstić information content (AvgIpc) is 2.82. The van der Waals surface area contributed by atoms with Crippen LogP contribution in [0.3, 0.4) is 0 Å². The van der Waals surface area contributed by atoms with E-state index in [1.807, 2.05) is 43.3 Å². The number of piperidine rings is 1. The van der Waals surface area contributed by atoms with E-state index in [9.17, 15) is 4.79 Å². The van der Waals surface area contributed by atoms with E-state index in [-0.39, 0.29) is 11.9 Å². The van der Waals surface area contributed by atoms with E-state index in [1.54, 1.807) is 7.11 Å². The molecule has 0 bridgehead atoms. The lowest BCUT2D eigenvalue weighted by Gasteiger charge is -2.31. The van der Waals surface area contributed by atoms with E-state index < -0.39 is 0 Å². The van der Waals surface area contributed by atoms with Gasteiger partial charge in [0.15, 0.2) is 0 Å². The fraction of sp³-hybridized carbons (Fsp3) is 0.423. The topological polar surface area (TPSA) is 48.0 Å². The Hall–Kier alpha value is -2.63. The molecule has 1 unspecified atom stereocenters. The van der Waals surface area contributed by atoms with Crippen molar-refractivity contribution in [3.63, 3.8) is 0 Å². The monoisotopic (exact) mass is 423 g/mol. The first kappa shape index (κ1) is 23.0. The van der Waals surface area contributed by atoms with Gasteiger partial charge in [0.05, 0.1) is 32.8 Å². The molecule has 0 radical (unpaired) electrons. The number of carbonyl (C=O) groups is 1. The zero-order valence-corrected chi connectivity index (χ0v) is 18.6. The van der Waals surface area contributed by atoms with Crippen molar-refractivity contribution < 1.29 is 19.0 Å². The first-order valence-electron chi connectivity index (χ1n) is 11.1. The number of nitrogens with zero attached hydrogens (tertiary/aromatic N) is 1. The molecule has 1 saturated heterocycles. The Morgan fingerprint density at radius 3 is 2.71 bits per heavy atom. The van der Waals surface area contributed by atoms with Gasteiger partial charge in [-0.25, -0.2) is 0 Å². The maximum atomic E-state index is 12.0. The van der Waals surface area contributed by atoms with Gasteiger partial charge in [0.25, 0.3) is 0 Å². The van der Waals surface area contributed by atoms with Gasteiger partial charge in [-0.1, -0.05) is 48.5 Å². The molecule has 0 aromatic heterocycles. The van der Waals surface area contributed by atoms with Crippen molar-refractivity contribution in [1.29, 1.82) is 0 Å². The molecule has 166 valence electrons. The van der Waals surface area contributed by atoms with Gasteiger partial charge >= 0.3 is 5.97 Å². The van der Waals surface area contributed by atoms with Crippen LogP contribution < -0.4 is 4.74 Å². The minimum Gasteiger partial charge on any atom is -0.497 e. The Kier molecular flexibility index (Phi) is 9.13. The van der Waals surface area contributed by atoms with Crippen LogP contribution in [-0.4, -0.2) is 57.4 Å². The lowest BCUT2D eigenvalue weighted by Crippen LogP contribution is -2.40. The van der Waals surface area contributed by atoms with Gasteiger partial charge in [-0.2, -0.15) is 0 Å². The molecule has 0 spiro atoms. The van der Waals surface area contributed by atoms with Crippen LogP contribution in [0.4, 0.5) is 0 Å². The standard InChI is InChI=1S/C26H33NO4/c1-3-31-26(28)23-12-8-15-27(20-23)16-18-30-17-14-25(21-9-5-4-6-10-21)22-11-7-13-24(19-22)29-2/h4-7,9-11,13-14,19,23H,3,8,12,15-18,20H2,1-2H3/b25-14-. The largest absolute Gasteiger partial charge is 0.497 e. The van der Waals surface area contributed by atoms with Gasteiger partial charge in [0.2, 0.25) is 0 Å². The van der Waals surface area contributed by atoms with Gasteiger partial charge in [-0.15, -0.1) is 0 Å². The molecular formula is C26H33NO4. The van der Waals surface area contributed by atoms with E-state index in [0.29, 0.717) is 19.8 Å². The van der Waals surface area contributed by atoms with Crippen molar-refractivity contribution in [2.75, 3.05) is 46.6 Å². The van der Waals surface area contributed by atoms with Crippen LogP contribution in [0.15, 0.2) is 60.7 Å². The van der Waals surface area contributed by atoms with E-state index >= 15 is 0 Å². The molecule has 1 heterocycles. The summed E-state index contributed by atoms with van der Waals surface area (Å²) in [6, 6.07) is 18.4. The average molecular weight is 424 g/mol. The van der Waals surface area contributed by atoms with Crippen LogP contribution >= 0.6 is 0 Å². The zero-order valence-electron chi connectivity index (χ0n) is 18.6. The molecular weight excluding hydrogens is 390 g/mol. The van der Waals surface area contributed by atoms with Gasteiger partial charge < -0.3 is 19.1 Å². The SMILES string of the molecule is CCOC(=O)C1CCCN(CCOC/C=C(/c2ccccc2)c2cccc(OC)c2)C1. The van der Waals surface area contributed by atoms with Crippen molar-refractivity contribution in [3.8, 4) is 5.75 Å². The summed E-state index contributed by atoms with van der Waals surface area (Å²) >= 11 is 0. The lowest BCUT2D eigenvalue weighted by atomic mass is 9.97. The quantitative estimate of drug-likeness (QED) is 0.418. The second-order valence-electron chi connectivity index (χ2n) is 7.68. The minimum absolute atomic E-state index is 0.00802. The molecule has 1 aliphatic heterocycles. The number of rotatable bonds is 10. The number of ether oxygens (including phenoxy) is 3. The second-order valence-corrected chi connectivity index (χ2v) is 7.68. The predicted octanol–water partition coefficient (Wildman–Crippen LogP) is 4.42. The third-order valence-electron chi connectivity index (χ3n) is 5.55. The molecule has 31 heavy (non-hydrogen) atoms. The summed E-state index contributed by atoms with van der Waals surface area (Å²) in [6.07, 6.45) is 4.07. The number of likely N-dealkylation sites (tertiary alicyclic amines) is 1. The predicted molar refractivity (Wildman–Crippen MR) is 123 cm³/mol. The molecule has 5 heteroatoms. The number of benzene rings is 2. The Labute approximate surface area is 185 Å². The summed E-state index contributed by atoms with van der Waals surface area (Å²) in [6.45, 7) is 6.05. The van der Waals surface area contributed by atoms with Crippen molar-refractivity contribution in [2.24, 2.45) is 5.92 Å². The zero-order chi connectivity index (χ0) is 21.9. The molecule has 5 nitrogen and oxygen atoms in total. The van der Waals surface area contributed by atoms with Crippen LogP contribution in [0.2, 0.25) is 0 Å². The van der Waals surface area contributed by atoms with Crippen LogP contribution in [0.25, 0.3) is 5.57 Å². The van der Waals surface area contributed by atoms with Gasteiger partial charge in [0.1, 0.15) is 5.75 Å². The number of hydrogen-bond acceptors (Lipinski definition) is 5. The summed E-state index contributed by atoms with van der Waals surface area (Å²) in [4.78, 5) is 14.3. The number of methoxy groups -OCH3 is 1. The number of esters is 1. The Morgan fingerprint density at radius 2 is 1.94 bits per heavy atom. The van der Waals surface area contributed by atoms with Crippen LogP contribution in [-0.2, 0) is 14.3 Å². The third-order valence-corrected chi connectivity index (χ3v) is 5.55. The van der Waals surface area contributed by atoms with E-state index in [4.69, 9.17) is 14.2 Å². The first-order valence-corrected chi connectivity index (χ1v) is 11.1. The highest BCUT2D eigenvalue weighted by atomic mass is 16.5. The fourth-order valence-corrected chi connectivity index (χ4v) is 3.94. The molecule has 3 rings (SSSR count). The van der Waals surface area contributed by atoms with Crippen LogP contribution in [0, 0.1) is 5.92 Å². The summed E-state index contributed by atoms with van der Waals surface area (Å²) < 4.78 is 16.5. The van der Waals surface area contributed by atoms with Crippen molar-refractivity contribution in [2.45, 2.75) is 19.8 Å². The highest BCUT2D eigenvalue weighted by Gasteiger charge is 2.26. The molecule has 0 amide bonds. The van der Waals surface area contributed by atoms with Crippen molar-refractivity contribution >= 4 is 11.5 Å². The normalized spacial score (nSPS) is 17.4. The van der Waals surface area contributed by atoms with Gasteiger partial charge in [-0.3, -0.25) is 4.79 Å². The maximum absolute atomic E-state index is 12.0. The van der Waals surface area contributed by atoms with E-state index in [0.717, 1.165) is 54.9 Å². The molecule has 1 atom stereocenters. The third kappa shape index (κ3) is 6.94. The number of hydrogen-bond donors (Lipinski definition) is 0. The molecule has 2 aromatic carbocycles. The highest BCUT2D eigenvalue weighted by Crippen LogP contribution is 2.26. The summed E-state index contributed by atoms with van der Waals surface area (Å²) in [7, 11) is 1.68. The summed E-state index contributed by atoms with van der Waals surface area (Å²) in [5.74, 6) is 0.759. The number of carbonyl (C=O) groups excluding carboxylic acids is 1. The van der Waals surface area contributed by atoms with E-state index in [1.165, 1.54) is 0 Å². The molecule has 1 aliphatic rings. The Balaban J connectivity index is 1.56. The molecule has 1 fully saturated rings. The lowest BCUT2D eigenvalue weighted by molar-refractivity contribution is -0.150. The molecule has 0 aliphatic carbocycles. The van der Waals surface area contributed by atoms with Gasteiger partial charge in [-0.05, 0) is 55.1 Å².